The first kappa shape index (κ1) is 23.7. The maximum atomic E-state index is 12.9. The number of rotatable bonds is 10. The zero-order valence-corrected chi connectivity index (χ0v) is 18.4. The molecule has 10 heteroatoms. The van der Waals surface area contributed by atoms with Gasteiger partial charge in [-0.15, -0.1) is 0 Å². The first-order valence-corrected chi connectivity index (χ1v) is 11.8. The van der Waals surface area contributed by atoms with Crippen LogP contribution in [-0.2, 0) is 14.8 Å². The molecule has 0 radical (unpaired) electrons. The van der Waals surface area contributed by atoms with Crippen molar-refractivity contribution in [1.29, 1.82) is 0 Å². The monoisotopic (exact) mass is 439 g/mol. The van der Waals surface area contributed by atoms with Crippen molar-refractivity contribution in [2.24, 2.45) is 0 Å². The van der Waals surface area contributed by atoms with Gasteiger partial charge in [0.2, 0.25) is 15.9 Å². The number of hydrogen-bond acceptors (Lipinski definition) is 6. The molecule has 0 unspecified atom stereocenters. The van der Waals surface area contributed by atoms with E-state index in [-0.39, 0.29) is 23.5 Å². The van der Waals surface area contributed by atoms with Crippen LogP contribution in [0.1, 0.15) is 45.4 Å². The summed E-state index contributed by atoms with van der Waals surface area (Å²) in [6, 6.07) is 2.60. The van der Waals surface area contributed by atoms with Crippen molar-refractivity contribution in [1.82, 2.24) is 5.32 Å². The smallest absolute Gasteiger partial charge is 0.271 e. The molecule has 0 fully saturated rings. The maximum absolute atomic E-state index is 12.9. The minimum Gasteiger partial charge on any atom is -0.495 e. The molecule has 0 saturated heterocycles. The minimum atomic E-state index is -3.94. The first-order chi connectivity index (χ1) is 14.2. The molecule has 1 aliphatic rings. The Hall–Kier alpha value is -2.62. The fourth-order valence-corrected chi connectivity index (χ4v) is 4.80. The number of methoxy groups -OCH3 is 1. The number of amides is 1. The number of nitrogens with zero attached hydrogens (tertiary/aromatic N) is 2. The van der Waals surface area contributed by atoms with Crippen molar-refractivity contribution in [2.45, 2.75) is 51.5 Å². The van der Waals surface area contributed by atoms with Gasteiger partial charge in [-0.2, -0.15) is 0 Å². The molecule has 1 aliphatic carbocycles. The van der Waals surface area contributed by atoms with Gasteiger partial charge < -0.3 is 10.1 Å². The number of benzene rings is 1. The van der Waals surface area contributed by atoms with Gasteiger partial charge in [-0.1, -0.05) is 18.6 Å². The van der Waals surface area contributed by atoms with Crippen molar-refractivity contribution in [3.05, 3.63) is 40.0 Å². The molecule has 2 rings (SSSR count). The van der Waals surface area contributed by atoms with Crippen LogP contribution < -0.4 is 14.4 Å². The molecule has 0 heterocycles. The summed E-state index contributed by atoms with van der Waals surface area (Å²) < 4.78 is 31.4. The fourth-order valence-electron chi connectivity index (χ4n) is 3.60. The standard InChI is InChI=1S/C20H29N3O6S/c1-4-17(20(24)21-13-12-15-8-6-5-7-9-15)22(30(3,27)28)18-14-16(23(25)26)10-11-19(18)29-2/h8,10-11,14,17H,4-7,9,12-13H2,1-3H3,(H,21,24)/t17-/m1/s1. The summed E-state index contributed by atoms with van der Waals surface area (Å²) >= 11 is 0. The van der Waals surface area contributed by atoms with Crippen molar-refractivity contribution in [3.8, 4) is 5.75 Å². The Morgan fingerprint density at radius 1 is 1.37 bits per heavy atom. The number of allylic oxidation sites excluding steroid dienone is 1. The number of non-ortho nitro benzene ring substituents is 1. The molecule has 1 aromatic carbocycles. The van der Waals surface area contributed by atoms with E-state index in [2.05, 4.69) is 11.4 Å². The second kappa shape index (κ2) is 10.4. The highest BCUT2D eigenvalue weighted by atomic mass is 32.2. The number of sulfonamides is 1. The molecule has 0 aliphatic heterocycles. The second-order valence-electron chi connectivity index (χ2n) is 7.25. The van der Waals surface area contributed by atoms with Crippen LogP contribution in [0, 0.1) is 10.1 Å². The number of carbonyl (C=O) groups excluding carboxylic acids is 1. The summed E-state index contributed by atoms with van der Waals surface area (Å²) in [6.45, 7) is 2.10. The van der Waals surface area contributed by atoms with Crippen LogP contribution in [0.15, 0.2) is 29.8 Å². The average molecular weight is 440 g/mol. The molecule has 1 atom stereocenters. The normalized spacial score (nSPS) is 15.1. The Morgan fingerprint density at radius 2 is 2.10 bits per heavy atom. The van der Waals surface area contributed by atoms with E-state index < -0.39 is 26.9 Å². The van der Waals surface area contributed by atoms with Gasteiger partial charge in [-0.05, 0) is 44.6 Å². The molecule has 0 aromatic heterocycles. The van der Waals surface area contributed by atoms with Crippen LogP contribution in [0.25, 0.3) is 0 Å². The fraction of sp³-hybridized carbons (Fsp3) is 0.550. The van der Waals surface area contributed by atoms with Crippen molar-refractivity contribution >= 4 is 27.3 Å². The minimum absolute atomic E-state index is 0.0359. The Kier molecular flexibility index (Phi) is 8.22. The molecule has 0 saturated carbocycles. The predicted octanol–water partition coefficient (Wildman–Crippen LogP) is 3.15. The third-order valence-corrected chi connectivity index (χ3v) is 6.24. The van der Waals surface area contributed by atoms with Gasteiger partial charge in [0.15, 0.2) is 0 Å². The third kappa shape index (κ3) is 5.94. The van der Waals surface area contributed by atoms with E-state index in [4.69, 9.17) is 4.74 Å². The number of anilines is 1. The highest BCUT2D eigenvalue weighted by Crippen LogP contribution is 2.35. The molecular formula is C20H29N3O6S. The number of ether oxygens (including phenoxy) is 1. The van der Waals surface area contributed by atoms with E-state index in [1.165, 1.54) is 31.2 Å². The molecule has 1 N–H and O–H groups in total. The molecule has 166 valence electrons. The number of nitro benzene ring substituents is 1. The van der Waals surface area contributed by atoms with E-state index in [0.717, 1.165) is 42.3 Å². The summed E-state index contributed by atoms with van der Waals surface area (Å²) in [4.78, 5) is 23.5. The predicted molar refractivity (Wildman–Crippen MR) is 115 cm³/mol. The number of nitro groups is 1. The van der Waals surface area contributed by atoms with Gasteiger partial charge in [0, 0.05) is 18.7 Å². The Labute approximate surface area is 177 Å². The Balaban J connectivity index is 2.30. The molecule has 9 nitrogen and oxygen atoms in total. The van der Waals surface area contributed by atoms with Crippen LogP contribution in [0.4, 0.5) is 11.4 Å². The van der Waals surface area contributed by atoms with E-state index >= 15 is 0 Å². The number of carbonyl (C=O) groups is 1. The largest absolute Gasteiger partial charge is 0.495 e. The Morgan fingerprint density at radius 3 is 2.63 bits per heavy atom. The highest BCUT2D eigenvalue weighted by Gasteiger charge is 2.34. The van der Waals surface area contributed by atoms with E-state index in [0.29, 0.717) is 6.54 Å². The summed E-state index contributed by atoms with van der Waals surface area (Å²) in [7, 11) is -2.60. The zero-order chi connectivity index (χ0) is 22.3. The lowest BCUT2D eigenvalue weighted by Crippen LogP contribution is -2.49. The molecule has 30 heavy (non-hydrogen) atoms. The summed E-state index contributed by atoms with van der Waals surface area (Å²) in [5, 5.41) is 14.0. The summed E-state index contributed by atoms with van der Waals surface area (Å²) in [5.41, 5.74) is 0.972. The third-order valence-electron chi connectivity index (χ3n) is 5.07. The van der Waals surface area contributed by atoms with Crippen LogP contribution in [0.5, 0.6) is 5.75 Å². The van der Waals surface area contributed by atoms with Gasteiger partial charge in [0.1, 0.15) is 17.5 Å². The molecular weight excluding hydrogens is 410 g/mol. The van der Waals surface area contributed by atoms with Crippen LogP contribution in [0.3, 0.4) is 0 Å². The van der Waals surface area contributed by atoms with Gasteiger partial charge in [-0.25, -0.2) is 8.42 Å². The van der Waals surface area contributed by atoms with Crippen LogP contribution in [-0.4, -0.2) is 45.2 Å². The highest BCUT2D eigenvalue weighted by molar-refractivity contribution is 7.92. The summed E-state index contributed by atoms with van der Waals surface area (Å²) in [5.74, 6) is -0.322. The van der Waals surface area contributed by atoms with E-state index in [1.807, 2.05) is 0 Å². The van der Waals surface area contributed by atoms with Gasteiger partial charge in [-0.3, -0.25) is 19.2 Å². The topological polar surface area (TPSA) is 119 Å². The van der Waals surface area contributed by atoms with Gasteiger partial charge in [0.25, 0.3) is 5.69 Å². The maximum Gasteiger partial charge on any atom is 0.271 e. The second-order valence-corrected chi connectivity index (χ2v) is 9.10. The van der Waals surface area contributed by atoms with E-state index in [9.17, 15) is 23.3 Å². The first-order valence-electron chi connectivity index (χ1n) is 9.96. The lowest BCUT2D eigenvalue weighted by Gasteiger charge is -2.31. The molecule has 0 bridgehead atoms. The Bertz CT molecular complexity index is 913. The van der Waals surface area contributed by atoms with Gasteiger partial charge in [0.05, 0.1) is 18.3 Å². The van der Waals surface area contributed by atoms with Crippen molar-refractivity contribution in [2.75, 3.05) is 24.2 Å². The molecule has 1 amide bonds. The SMILES string of the molecule is CC[C@H](C(=O)NCCC1=CCCCC1)N(c1cc([N+](=O)[O-])ccc1OC)S(C)(=O)=O. The van der Waals surface area contributed by atoms with E-state index in [1.54, 1.807) is 6.92 Å². The molecule has 0 spiro atoms. The summed E-state index contributed by atoms with van der Waals surface area (Å²) in [6.07, 6.45) is 8.48. The van der Waals surface area contributed by atoms with Gasteiger partial charge >= 0.3 is 0 Å². The lowest BCUT2D eigenvalue weighted by molar-refractivity contribution is -0.384. The van der Waals surface area contributed by atoms with Crippen molar-refractivity contribution in [3.63, 3.8) is 0 Å². The van der Waals surface area contributed by atoms with Crippen molar-refractivity contribution < 1.29 is 22.9 Å². The van der Waals surface area contributed by atoms with Crippen LogP contribution in [0.2, 0.25) is 0 Å². The lowest BCUT2D eigenvalue weighted by atomic mass is 9.97. The quantitative estimate of drug-likeness (QED) is 0.340. The number of hydrogen-bond donors (Lipinski definition) is 1. The molecule has 1 aromatic rings. The number of nitrogens with one attached hydrogen (secondary N) is 1. The average Bonchev–Trinajstić information content (AvgIpc) is 2.71. The van der Waals surface area contributed by atoms with Crippen LogP contribution >= 0.6 is 0 Å². The zero-order valence-electron chi connectivity index (χ0n) is 17.6.